The molecule has 3 aromatic carbocycles. The molecule has 0 aliphatic carbocycles. The molecule has 0 bridgehead atoms. The van der Waals surface area contributed by atoms with Crippen LogP contribution in [0.1, 0.15) is 10.4 Å². The second kappa shape index (κ2) is 6.07. The summed E-state index contributed by atoms with van der Waals surface area (Å²) in [6.45, 7) is 0. The van der Waals surface area contributed by atoms with Gasteiger partial charge in [-0.25, -0.2) is 4.79 Å². The van der Waals surface area contributed by atoms with Crippen LogP contribution in [0.2, 0.25) is 0 Å². The van der Waals surface area contributed by atoms with Crippen LogP contribution in [0.4, 0.5) is 5.69 Å². The first kappa shape index (κ1) is 15.4. The van der Waals surface area contributed by atoms with Gasteiger partial charge in [0.25, 0.3) is 5.69 Å². The zero-order valence-corrected chi connectivity index (χ0v) is 13.7. The molecule has 1 aliphatic heterocycles. The van der Waals surface area contributed by atoms with E-state index in [4.69, 9.17) is 4.74 Å². The van der Waals surface area contributed by atoms with Crippen molar-refractivity contribution < 1.29 is 14.5 Å². The minimum atomic E-state index is -0.586. The van der Waals surface area contributed by atoms with Crippen molar-refractivity contribution in [3.63, 3.8) is 0 Å². The van der Waals surface area contributed by atoms with Gasteiger partial charge in [-0.3, -0.25) is 10.1 Å². The van der Waals surface area contributed by atoms with Crippen molar-refractivity contribution in [3.8, 4) is 5.75 Å². The highest BCUT2D eigenvalue weighted by atomic mass is 32.2. The summed E-state index contributed by atoms with van der Waals surface area (Å²) >= 11 is 0. The van der Waals surface area contributed by atoms with Crippen molar-refractivity contribution in [1.82, 2.24) is 0 Å². The van der Waals surface area contributed by atoms with Crippen LogP contribution in [-0.2, 0) is 10.9 Å². The Labute approximate surface area is 146 Å². The fraction of sp³-hybridized carbons (Fsp3) is 0. The van der Waals surface area contributed by atoms with Crippen LogP contribution in [-0.4, -0.2) is 10.9 Å². The molecule has 6 heteroatoms. The van der Waals surface area contributed by atoms with Gasteiger partial charge in [0.1, 0.15) is 16.5 Å². The second-order valence-electron chi connectivity index (χ2n) is 5.39. The Bertz CT molecular complexity index is 985. The first-order chi connectivity index (χ1) is 12.1. The summed E-state index contributed by atoms with van der Waals surface area (Å²) in [4.78, 5) is 25.6. The topological polar surface area (TPSA) is 69.4 Å². The highest BCUT2D eigenvalue weighted by molar-refractivity contribution is 7.97. The summed E-state index contributed by atoms with van der Waals surface area (Å²) in [6.07, 6.45) is 0. The van der Waals surface area contributed by atoms with Crippen LogP contribution in [0, 0.1) is 10.1 Å². The summed E-state index contributed by atoms with van der Waals surface area (Å²) in [7, 11) is -0.586. The molecular weight excluding hydrogens is 338 g/mol. The van der Waals surface area contributed by atoms with E-state index in [-0.39, 0.29) is 11.7 Å². The predicted octanol–water partition coefficient (Wildman–Crippen LogP) is 4.22. The van der Waals surface area contributed by atoms with Gasteiger partial charge in [0, 0.05) is 24.3 Å². The van der Waals surface area contributed by atoms with E-state index >= 15 is 0 Å². The number of non-ortho nitro benzene ring substituents is 1. The van der Waals surface area contributed by atoms with Gasteiger partial charge in [0.2, 0.25) is 4.90 Å². The lowest BCUT2D eigenvalue weighted by Crippen LogP contribution is -2.09. The van der Waals surface area contributed by atoms with Crippen LogP contribution < -0.4 is 4.74 Å². The zero-order chi connectivity index (χ0) is 17.4. The van der Waals surface area contributed by atoms with E-state index in [0.29, 0.717) is 11.3 Å². The Morgan fingerprint density at radius 2 is 1.48 bits per heavy atom. The van der Waals surface area contributed by atoms with Crippen molar-refractivity contribution in [1.29, 1.82) is 0 Å². The van der Waals surface area contributed by atoms with Crippen molar-refractivity contribution in [2.45, 2.75) is 14.7 Å². The maximum absolute atomic E-state index is 12.5. The number of benzene rings is 3. The van der Waals surface area contributed by atoms with Gasteiger partial charge in [-0.1, -0.05) is 24.3 Å². The fourth-order valence-electron chi connectivity index (χ4n) is 2.75. The van der Waals surface area contributed by atoms with Crippen molar-refractivity contribution in [2.24, 2.45) is 0 Å². The van der Waals surface area contributed by atoms with E-state index in [9.17, 15) is 14.9 Å². The van der Waals surface area contributed by atoms with Crippen molar-refractivity contribution in [2.75, 3.05) is 0 Å². The number of esters is 1. The standard InChI is InChI=1S/C19H12NO4S/c21-19-15-5-1-3-7-17(15)25(18-8-4-2-6-16(18)24-19)14-11-9-13(10-12-14)20(22)23/h1-12H/q+1. The highest BCUT2D eigenvalue weighted by Gasteiger charge is 2.39. The molecule has 0 saturated heterocycles. The summed E-state index contributed by atoms with van der Waals surface area (Å²) in [6, 6.07) is 21.2. The number of rotatable bonds is 2. The van der Waals surface area contributed by atoms with Crippen LogP contribution in [0.15, 0.2) is 87.5 Å². The molecule has 0 aromatic heterocycles. The first-order valence-electron chi connectivity index (χ1n) is 7.54. The zero-order valence-electron chi connectivity index (χ0n) is 12.9. The molecule has 5 nitrogen and oxygen atoms in total. The van der Waals surface area contributed by atoms with E-state index in [2.05, 4.69) is 0 Å². The Hall–Kier alpha value is -3.12. The van der Waals surface area contributed by atoms with Gasteiger partial charge in [0.05, 0.1) is 4.92 Å². The molecule has 0 fully saturated rings. The Morgan fingerprint density at radius 3 is 2.20 bits per heavy atom. The number of nitro benzene ring substituents is 1. The lowest BCUT2D eigenvalue weighted by atomic mass is 10.2. The molecule has 3 aromatic rings. The van der Waals surface area contributed by atoms with Gasteiger partial charge in [-0.15, -0.1) is 0 Å². The number of hydrogen-bond donors (Lipinski definition) is 0. The minimum absolute atomic E-state index is 0.0380. The summed E-state index contributed by atoms with van der Waals surface area (Å²) in [5, 5.41) is 10.9. The van der Waals surface area contributed by atoms with Crippen LogP contribution >= 0.6 is 0 Å². The van der Waals surface area contributed by atoms with Crippen LogP contribution in [0.5, 0.6) is 5.75 Å². The number of ether oxygens (including phenoxy) is 1. The Balaban J connectivity index is 1.95. The first-order valence-corrected chi connectivity index (χ1v) is 8.76. The van der Waals surface area contributed by atoms with E-state index in [1.807, 2.05) is 30.3 Å². The van der Waals surface area contributed by atoms with Crippen LogP contribution in [0.25, 0.3) is 0 Å². The third-order valence-corrected chi connectivity index (χ3v) is 6.20. The van der Waals surface area contributed by atoms with Crippen LogP contribution in [0.3, 0.4) is 0 Å². The van der Waals surface area contributed by atoms with Crippen molar-refractivity contribution in [3.05, 3.63) is 88.5 Å². The number of para-hydroxylation sites is 1. The molecule has 1 unspecified atom stereocenters. The van der Waals surface area contributed by atoms with Gasteiger partial charge >= 0.3 is 5.97 Å². The molecule has 0 amide bonds. The molecule has 25 heavy (non-hydrogen) atoms. The third-order valence-electron chi connectivity index (χ3n) is 3.88. The molecule has 1 heterocycles. The smallest absolute Gasteiger partial charge is 0.348 e. The summed E-state index contributed by atoms with van der Waals surface area (Å²) < 4.78 is 5.56. The number of fused-ring (bicyclic) bond motifs is 2. The minimum Gasteiger partial charge on any atom is -0.417 e. The molecule has 0 radical (unpaired) electrons. The third kappa shape index (κ3) is 2.66. The molecular formula is C19H12NO4S+. The number of carbonyl (C=O) groups excluding carboxylic acids is 1. The van der Waals surface area contributed by atoms with E-state index in [0.717, 1.165) is 14.7 Å². The lowest BCUT2D eigenvalue weighted by molar-refractivity contribution is -0.384. The maximum atomic E-state index is 12.5. The second-order valence-corrected chi connectivity index (χ2v) is 7.35. The maximum Gasteiger partial charge on any atom is 0.348 e. The molecule has 0 spiro atoms. The lowest BCUT2D eigenvalue weighted by Gasteiger charge is -2.08. The average molecular weight is 350 g/mol. The number of nitrogens with zero attached hydrogens (tertiary/aromatic N) is 1. The predicted molar refractivity (Wildman–Crippen MR) is 93.1 cm³/mol. The SMILES string of the molecule is O=C1Oc2ccccc2[S+](c2ccc([N+](=O)[O-])cc2)c2ccccc21. The normalized spacial score (nSPS) is 15.5. The number of carbonyl (C=O) groups is 1. The van der Waals surface area contributed by atoms with E-state index in [1.54, 1.807) is 30.3 Å². The van der Waals surface area contributed by atoms with Crippen molar-refractivity contribution >= 4 is 22.6 Å². The largest absolute Gasteiger partial charge is 0.417 e. The Morgan fingerprint density at radius 1 is 0.840 bits per heavy atom. The molecule has 1 aliphatic rings. The molecule has 0 N–H and O–H groups in total. The molecule has 0 saturated carbocycles. The quantitative estimate of drug-likeness (QED) is 0.228. The average Bonchev–Trinajstić information content (AvgIpc) is 2.76. The monoisotopic (exact) mass is 350 g/mol. The summed E-state index contributed by atoms with van der Waals surface area (Å²) in [5.74, 6) is 0.130. The fourth-order valence-corrected chi connectivity index (χ4v) is 5.01. The molecule has 122 valence electrons. The highest BCUT2D eigenvalue weighted by Crippen LogP contribution is 2.41. The Kier molecular flexibility index (Phi) is 3.74. The van der Waals surface area contributed by atoms with E-state index < -0.39 is 15.8 Å². The number of nitro groups is 1. The van der Waals surface area contributed by atoms with Gasteiger partial charge in [-0.2, -0.15) is 0 Å². The molecule has 1 atom stereocenters. The molecule has 4 rings (SSSR count). The number of hydrogen-bond acceptors (Lipinski definition) is 4. The van der Waals surface area contributed by atoms with Gasteiger partial charge < -0.3 is 4.74 Å². The van der Waals surface area contributed by atoms with E-state index in [1.165, 1.54) is 12.1 Å². The van der Waals surface area contributed by atoms with Gasteiger partial charge in [0.15, 0.2) is 15.5 Å². The van der Waals surface area contributed by atoms with Gasteiger partial charge in [-0.05, 0) is 24.3 Å². The summed E-state index contributed by atoms with van der Waals surface area (Å²) in [5.41, 5.74) is 0.552.